The maximum Gasteiger partial charge on any atom is 0.534 e. The normalized spacial score (nSPS) is 13.5. The van der Waals surface area contributed by atoms with Gasteiger partial charge in [0.05, 0.1) is 12.1 Å². The lowest BCUT2D eigenvalue weighted by molar-refractivity contribution is -0.0502. The molecule has 0 fully saturated rings. The molecule has 0 radical (unpaired) electrons. The number of hydrogen-bond acceptors (Lipinski definition) is 6. The van der Waals surface area contributed by atoms with E-state index in [2.05, 4.69) is 9.17 Å². The highest BCUT2D eigenvalue weighted by Crippen LogP contribution is 2.34. The third-order valence-electron chi connectivity index (χ3n) is 3.54. The van der Waals surface area contributed by atoms with Gasteiger partial charge in [0.25, 0.3) is 5.88 Å². The first-order valence-corrected chi connectivity index (χ1v) is 9.79. The quantitative estimate of drug-likeness (QED) is 0.248. The summed E-state index contributed by atoms with van der Waals surface area (Å²) < 4.78 is 88.7. The van der Waals surface area contributed by atoms with Gasteiger partial charge in [0.2, 0.25) is 0 Å². The highest BCUT2D eigenvalue weighted by molar-refractivity contribution is 7.88. The second kappa shape index (κ2) is 9.37. The topological polar surface area (TPSA) is 74.7 Å². The highest BCUT2D eigenvalue weighted by atomic mass is 32.2. The van der Waals surface area contributed by atoms with Crippen LogP contribution in [0.3, 0.4) is 0 Å². The first kappa shape index (κ1) is 22.2. The zero-order chi connectivity index (χ0) is 20.8. The molecule has 0 saturated carbocycles. The van der Waals surface area contributed by atoms with Gasteiger partial charge in [0.1, 0.15) is 6.67 Å². The van der Waals surface area contributed by atoms with Crippen molar-refractivity contribution in [1.82, 2.24) is 4.98 Å². The molecule has 156 valence electrons. The lowest BCUT2D eigenvalue weighted by atomic mass is 10.2. The molecule has 6 nitrogen and oxygen atoms in total. The zero-order valence-electron chi connectivity index (χ0n) is 14.9. The van der Waals surface area contributed by atoms with E-state index in [1.807, 2.05) is 6.92 Å². The van der Waals surface area contributed by atoms with E-state index in [0.717, 1.165) is 12.8 Å². The molecule has 0 amide bonds. The van der Waals surface area contributed by atoms with Gasteiger partial charge in [0.15, 0.2) is 11.9 Å². The Labute approximate surface area is 159 Å². The SMILES string of the molecule is CCCCOCC(CF)Oc1cc2ccccc2nc1OS(=O)(=O)C(F)(F)F. The molecule has 0 N–H and O–H groups in total. The average Bonchev–Trinajstić information content (AvgIpc) is 2.63. The number of ether oxygens (including phenoxy) is 2. The van der Waals surface area contributed by atoms with Crippen LogP contribution in [-0.4, -0.2) is 44.9 Å². The summed E-state index contributed by atoms with van der Waals surface area (Å²) in [5.41, 5.74) is -5.47. The Bertz CT molecular complexity index is 889. The number of benzene rings is 1. The van der Waals surface area contributed by atoms with Crippen molar-refractivity contribution in [2.45, 2.75) is 31.4 Å². The third kappa shape index (κ3) is 5.68. The summed E-state index contributed by atoms with van der Waals surface area (Å²) in [6.07, 6.45) is 0.438. The van der Waals surface area contributed by atoms with Crippen molar-refractivity contribution in [3.05, 3.63) is 30.3 Å². The Kier molecular flexibility index (Phi) is 7.41. The van der Waals surface area contributed by atoms with Crippen LogP contribution in [0.15, 0.2) is 30.3 Å². The lowest BCUT2D eigenvalue weighted by Crippen LogP contribution is -2.29. The highest BCUT2D eigenvalue weighted by Gasteiger charge is 2.49. The molecular formula is C17H19F4NO5S. The van der Waals surface area contributed by atoms with Crippen LogP contribution in [0, 0.1) is 0 Å². The number of fused-ring (bicyclic) bond motifs is 1. The molecule has 1 unspecified atom stereocenters. The van der Waals surface area contributed by atoms with Crippen molar-refractivity contribution in [2.75, 3.05) is 19.9 Å². The standard InChI is InChI=1S/C17H19F4NO5S/c1-2-3-8-25-11-13(10-18)26-15-9-12-6-4-5-7-14(12)22-16(15)27-28(23,24)17(19,20)21/h4-7,9,13H,2-3,8,10-11H2,1H3. The number of hydrogen-bond donors (Lipinski definition) is 0. The molecule has 1 atom stereocenters. The number of rotatable bonds is 10. The number of aromatic nitrogens is 1. The molecule has 28 heavy (non-hydrogen) atoms. The number of nitrogens with zero attached hydrogens (tertiary/aromatic N) is 1. The lowest BCUT2D eigenvalue weighted by Gasteiger charge is -2.19. The number of halogens is 4. The van der Waals surface area contributed by atoms with E-state index in [0.29, 0.717) is 12.0 Å². The summed E-state index contributed by atoms with van der Waals surface area (Å²) in [5, 5.41) is 0.443. The van der Waals surface area contributed by atoms with E-state index in [-0.39, 0.29) is 12.1 Å². The van der Waals surface area contributed by atoms with Crippen LogP contribution in [0.4, 0.5) is 17.6 Å². The van der Waals surface area contributed by atoms with Gasteiger partial charge in [-0.1, -0.05) is 31.5 Å². The summed E-state index contributed by atoms with van der Waals surface area (Å²) >= 11 is 0. The summed E-state index contributed by atoms with van der Waals surface area (Å²) in [6.45, 7) is 1.12. The van der Waals surface area contributed by atoms with Crippen molar-refractivity contribution in [2.24, 2.45) is 0 Å². The molecule has 2 aromatic rings. The van der Waals surface area contributed by atoms with E-state index in [4.69, 9.17) is 9.47 Å². The van der Waals surface area contributed by atoms with E-state index >= 15 is 0 Å². The van der Waals surface area contributed by atoms with Gasteiger partial charge < -0.3 is 13.7 Å². The molecular weight excluding hydrogens is 406 g/mol. The smallest absolute Gasteiger partial charge is 0.480 e. The van der Waals surface area contributed by atoms with Crippen LogP contribution in [0.1, 0.15) is 19.8 Å². The predicted octanol–water partition coefficient (Wildman–Crippen LogP) is 4.00. The average molecular weight is 425 g/mol. The van der Waals surface area contributed by atoms with Gasteiger partial charge in [-0.05, 0) is 18.6 Å². The maximum absolute atomic E-state index is 13.3. The first-order chi connectivity index (χ1) is 13.2. The number of unbranched alkanes of at least 4 members (excludes halogenated alkanes) is 1. The van der Waals surface area contributed by atoms with E-state index in [9.17, 15) is 26.0 Å². The monoisotopic (exact) mass is 425 g/mol. The molecule has 2 rings (SSSR count). The molecule has 0 aliphatic carbocycles. The van der Waals surface area contributed by atoms with Crippen molar-refractivity contribution in [3.63, 3.8) is 0 Å². The minimum Gasteiger partial charge on any atom is -0.480 e. The first-order valence-electron chi connectivity index (χ1n) is 8.39. The van der Waals surface area contributed by atoms with Crippen molar-refractivity contribution >= 4 is 21.0 Å². The van der Waals surface area contributed by atoms with Gasteiger partial charge in [-0.15, -0.1) is 0 Å². The summed E-state index contributed by atoms with van der Waals surface area (Å²) in [7, 11) is -5.98. The predicted molar refractivity (Wildman–Crippen MR) is 93.5 cm³/mol. The molecule has 1 heterocycles. The molecule has 0 saturated heterocycles. The fraction of sp³-hybridized carbons (Fsp3) is 0.471. The Balaban J connectivity index is 2.33. The Morgan fingerprint density at radius 1 is 1.21 bits per heavy atom. The molecule has 0 spiro atoms. The number of alkyl halides is 4. The maximum atomic E-state index is 13.3. The second-order valence-corrected chi connectivity index (χ2v) is 7.33. The Morgan fingerprint density at radius 2 is 1.93 bits per heavy atom. The minimum atomic E-state index is -5.98. The largest absolute Gasteiger partial charge is 0.534 e. The number of pyridine rings is 1. The number of para-hydroxylation sites is 1. The van der Waals surface area contributed by atoms with E-state index in [1.54, 1.807) is 18.2 Å². The third-order valence-corrected chi connectivity index (χ3v) is 4.48. The molecule has 1 aromatic heterocycles. The van der Waals surface area contributed by atoms with Gasteiger partial charge in [0, 0.05) is 12.0 Å². The van der Waals surface area contributed by atoms with Gasteiger partial charge in [-0.25, -0.2) is 9.37 Å². The summed E-state index contributed by atoms with van der Waals surface area (Å²) in [5.74, 6) is -1.36. The zero-order valence-corrected chi connectivity index (χ0v) is 15.7. The van der Waals surface area contributed by atoms with Crippen LogP contribution < -0.4 is 8.92 Å². The fourth-order valence-corrected chi connectivity index (χ4v) is 2.55. The van der Waals surface area contributed by atoms with Crippen molar-refractivity contribution < 1.29 is 39.6 Å². The Morgan fingerprint density at radius 3 is 2.57 bits per heavy atom. The minimum absolute atomic E-state index is 0.172. The van der Waals surface area contributed by atoms with Crippen LogP contribution >= 0.6 is 0 Å². The molecule has 0 aliphatic heterocycles. The molecule has 11 heteroatoms. The van der Waals surface area contributed by atoms with Crippen molar-refractivity contribution in [3.8, 4) is 11.6 Å². The van der Waals surface area contributed by atoms with Crippen LogP contribution in [0.2, 0.25) is 0 Å². The Hall–Kier alpha value is -2.14. The van der Waals surface area contributed by atoms with Gasteiger partial charge in [-0.3, -0.25) is 0 Å². The fourth-order valence-electron chi connectivity index (χ4n) is 2.12. The van der Waals surface area contributed by atoms with Crippen molar-refractivity contribution in [1.29, 1.82) is 0 Å². The van der Waals surface area contributed by atoms with Gasteiger partial charge >= 0.3 is 15.6 Å². The molecule has 0 aliphatic rings. The van der Waals surface area contributed by atoms with E-state index in [1.165, 1.54) is 12.1 Å². The van der Waals surface area contributed by atoms with Crippen LogP contribution in [0.25, 0.3) is 10.9 Å². The summed E-state index contributed by atoms with van der Waals surface area (Å²) in [6, 6.07) is 7.47. The van der Waals surface area contributed by atoms with Crippen LogP contribution in [-0.2, 0) is 14.9 Å². The van der Waals surface area contributed by atoms with Gasteiger partial charge in [-0.2, -0.15) is 21.6 Å². The molecule has 1 aromatic carbocycles. The second-order valence-electron chi connectivity index (χ2n) is 5.79. The van der Waals surface area contributed by atoms with E-state index < -0.39 is 40.0 Å². The summed E-state index contributed by atoms with van der Waals surface area (Å²) in [4.78, 5) is 3.78. The molecule has 0 bridgehead atoms. The van der Waals surface area contributed by atoms with Crippen LogP contribution in [0.5, 0.6) is 11.6 Å².